The molecule has 0 amide bonds. The molecule has 0 spiro atoms. The maximum atomic E-state index is 11.7. The van der Waals surface area contributed by atoms with Crippen molar-refractivity contribution in [3.8, 4) is 0 Å². The third-order valence-electron chi connectivity index (χ3n) is 4.90. The number of benzene rings is 1. The number of esters is 1. The average Bonchev–Trinajstić information content (AvgIpc) is 2.72. The van der Waals surface area contributed by atoms with Gasteiger partial charge in [0.2, 0.25) is 11.6 Å². The van der Waals surface area contributed by atoms with Crippen molar-refractivity contribution in [2.45, 2.75) is 26.3 Å². The predicted octanol–water partition coefficient (Wildman–Crippen LogP) is 2.69. The van der Waals surface area contributed by atoms with Crippen LogP contribution in [0.4, 0.5) is 17.3 Å². The molecule has 1 N–H and O–H groups in total. The van der Waals surface area contributed by atoms with Crippen LogP contribution in [0.3, 0.4) is 0 Å². The van der Waals surface area contributed by atoms with Gasteiger partial charge in [0.25, 0.3) is 0 Å². The number of aromatic nitrogens is 2. The minimum atomic E-state index is -0.459. The van der Waals surface area contributed by atoms with E-state index in [4.69, 9.17) is 4.74 Å². The first-order chi connectivity index (χ1) is 13.5. The van der Waals surface area contributed by atoms with Crippen LogP contribution in [0.1, 0.15) is 24.0 Å². The van der Waals surface area contributed by atoms with E-state index in [0.717, 1.165) is 11.1 Å². The molecule has 148 valence electrons. The highest BCUT2D eigenvalue weighted by Gasteiger charge is 2.32. The van der Waals surface area contributed by atoms with Crippen LogP contribution in [0.25, 0.3) is 0 Å². The molecule has 0 radical (unpaired) electrons. The minimum Gasteiger partial charge on any atom is -0.469 e. The summed E-state index contributed by atoms with van der Waals surface area (Å²) in [5, 5.41) is 14.8. The number of carbonyl (C=O) groups is 1. The molecule has 0 bridgehead atoms. The van der Waals surface area contributed by atoms with Gasteiger partial charge in [-0.15, -0.1) is 0 Å². The van der Waals surface area contributed by atoms with Crippen molar-refractivity contribution in [1.29, 1.82) is 0 Å². The monoisotopic (exact) mass is 385 g/mol. The van der Waals surface area contributed by atoms with Crippen LogP contribution in [0.2, 0.25) is 0 Å². The van der Waals surface area contributed by atoms with Gasteiger partial charge in [0.1, 0.15) is 6.33 Å². The molecule has 2 aromatic rings. The normalized spacial score (nSPS) is 14.6. The second-order valence-corrected chi connectivity index (χ2v) is 6.78. The molecule has 1 aromatic heterocycles. The van der Waals surface area contributed by atoms with Crippen LogP contribution < -0.4 is 10.2 Å². The number of carbonyl (C=O) groups excluding carboxylic acids is 1. The summed E-state index contributed by atoms with van der Waals surface area (Å²) in [6.07, 6.45) is 2.46. The second-order valence-electron chi connectivity index (χ2n) is 6.78. The van der Waals surface area contributed by atoms with Gasteiger partial charge in [-0.1, -0.05) is 29.8 Å². The number of methoxy groups -OCH3 is 1. The van der Waals surface area contributed by atoms with Crippen molar-refractivity contribution < 1.29 is 14.5 Å². The summed E-state index contributed by atoms with van der Waals surface area (Å²) >= 11 is 0. The quantitative estimate of drug-likeness (QED) is 0.459. The lowest BCUT2D eigenvalue weighted by Gasteiger charge is -2.31. The Morgan fingerprint density at radius 3 is 2.57 bits per heavy atom. The number of anilines is 2. The first-order valence-electron chi connectivity index (χ1n) is 9.11. The maximum Gasteiger partial charge on any atom is 0.353 e. The van der Waals surface area contributed by atoms with Crippen LogP contribution in [0.15, 0.2) is 30.6 Å². The molecular formula is C19H23N5O4. The number of hydrogen-bond acceptors (Lipinski definition) is 8. The SMILES string of the molecule is COC(=O)C1CCN(c2ncnc(NCc3ccc(C)cc3)c2[N+](=O)[O-])CC1. The lowest BCUT2D eigenvalue weighted by atomic mass is 9.97. The molecule has 1 aliphatic heterocycles. The van der Waals surface area contributed by atoms with Crippen molar-refractivity contribution in [1.82, 2.24) is 9.97 Å². The fourth-order valence-electron chi connectivity index (χ4n) is 3.28. The summed E-state index contributed by atoms with van der Waals surface area (Å²) in [5.41, 5.74) is 2.00. The Labute approximate surface area is 162 Å². The Balaban J connectivity index is 1.77. The maximum absolute atomic E-state index is 11.7. The molecule has 9 nitrogen and oxygen atoms in total. The smallest absolute Gasteiger partial charge is 0.353 e. The van der Waals surface area contributed by atoms with E-state index in [-0.39, 0.29) is 29.2 Å². The molecule has 1 aromatic carbocycles. The van der Waals surface area contributed by atoms with Crippen molar-refractivity contribution in [2.75, 3.05) is 30.4 Å². The number of ether oxygens (including phenoxy) is 1. The van der Waals surface area contributed by atoms with Crippen LogP contribution in [-0.4, -0.2) is 41.1 Å². The van der Waals surface area contributed by atoms with Crippen LogP contribution in [0.5, 0.6) is 0 Å². The lowest BCUT2D eigenvalue weighted by Crippen LogP contribution is -2.37. The zero-order valence-corrected chi connectivity index (χ0v) is 15.9. The standard InChI is InChI=1S/C19H23N5O4/c1-13-3-5-14(6-4-13)11-20-17-16(24(26)27)18(22-12-21-17)23-9-7-15(8-10-23)19(25)28-2/h3-6,12,15H,7-11H2,1-2H3,(H,20,21,22). The second kappa shape index (κ2) is 8.64. The van der Waals surface area contributed by atoms with Gasteiger partial charge in [0, 0.05) is 19.6 Å². The predicted molar refractivity (Wildman–Crippen MR) is 104 cm³/mol. The van der Waals surface area contributed by atoms with Crippen molar-refractivity contribution >= 4 is 23.3 Å². The fourth-order valence-corrected chi connectivity index (χ4v) is 3.28. The van der Waals surface area contributed by atoms with Gasteiger partial charge >= 0.3 is 11.7 Å². The average molecular weight is 385 g/mol. The van der Waals surface area contributed by atoms with Gasteiger partial charge < -0.3 is 15.0 Å². The van der Waals surface area contributed by atoms with E-state index < -0.39 is 4.92 Å². The van der Waals surface area contributed by atoms with Gasteiger partial charge in [0.15, 0.2) is 0 Å². The summed E-state index contributed by atoms with van der Waals surface area (Å²) in [6, 6.07) is 7.91. The number of hydrogen-bond donors (Lipinski definition) is 1. The van der Waals surface area contributed by atoms with Crippen molar-refractivity contribution in [3.05, 3.63) is 51.8 Å². The Morgan fingerprint density at radius 1 is 1.29 bits per heavy atom. The first kappa shape index (κ1) is 19.5. The third-order valence-corrected chi connectivity index (χ3v) is 4.90. The number of piperidine rings is 1. The summed E-state index contributed by atoms with van der Waals surface area (Å²) in [4.78, 5) is 33.0. The highest BCUT2D eigenvalue weighted by atomic mass is 16.6. The van der Waals surface area contributed by atoms with E-state index in [1.165, 1.54) is 13.4 Å². The molecule has 0 saturated carbocycles. The fraction of sp³-hybridized carbons (Fsp3) is 0.421. The van der Waals surface area contributed by atoms with Crippen LogP contribution in [0, 0.1) is 23.0 Å². The topological polar surface area (TPSA) is 110 Å². The van der Waals surface area contributed by atoms with Crippen LogP contribution in [-0.2, 0) is 16.1 Å². The molecule has 0 aliphatic carbocycles. The molecule has 0 atom stereocenters. The number of rotatable bonds is 6. The molecule has 1 fully saturated rings. The zero-order chi connectivity index (χ0) is 20.1. The van der Waals surface area contributed by atoms with Crippen molar-refractivity contribution in [3.63, 3.8) is 0 Å². The third kappa shape index (κ3) is 4.36. The molecular weight excluding hydrogens is 362 g/mol. The van der Waals surface area contributed by atoms with Gasteiger partial charge in [-0.05, 0) is 25.3 Å². The zero-order valence-electron chi connectivity index (χ0n) is 15.9. The lowest BCUT2D eigenvalue weighted by molar-refractivity contribution is -0.383. The van der Waals surface area contributed by atoms with Gasteiger partial charge in [-0.25, -0.2) is 9.97 Å². The van der Waals surface area contributed by atoms with E-state index in [1.807, 2.05) is 36.1 Å². The molecule has 3 rings (SSSR count). The van der Waals surface area contributed by atoms with E-state index >= 15 is 0 Å². The Bertz CT molecular complexity index is 848. The number of nitrogens with one attached hydrogen (secondary N) is 1. The Morgan fingerprint density at radius 2 is 1.96 bits per heavy atom. The van der Waals surface area contributed by atoms with Gasteiger partial charge in [-0.2, -0.15) is 0 Å². The van der Waals surface area contributed by atoms with Gasteiger partial charge in [-0.3, -0.25) is 14.9 Å². The first-order valence-corrected chi connectivity index (χ1v) is 9.11. The summed E-state index contributed by atoms with van der Waals surface area (Å²) < 4.78 is 4.79. The highest BCUT2D eigenvalue weighted by molar-refractivity contribution is 5.74. The number of aryl methyl sites for hydroxylation is 1. The molecule has 1 aliphatic rings. The van der Waals surface area contributed by atoms with Gasteiger partial charge in [0.05, 0.1) is 18.0 Å². The van der Waals surface area contributed by atoms with E-state index in [9.17, 15) is 14.9 Å². The highest BCUT2D eigenvalue weighted by Crippen LogP contribution is 2.34. The molecule has 28 heavy (non-hydrogen) atoms. The molecule has 0 unspecified atom stereocenters. The van der Waals surface area contributed by atoms with Crippen LogP contribution >= 0.6 is 0 Å². The van der Waals surface area contributed by atoms with E-state index in [1.54, 1.807) is 0 Å². The Kier molecular flexibility index (Phi) is 6.03. The number of nitrogens with zero attached hydrogens (tertiary/aromatic N) is 4. The van der Waals surface area contributed by atoms with E-state index in [0.29, 0.717) is 32.5 Å². The Hall–Kier alpha value is -3.23. The molecule has 2 heterocycles. The minimum absolute atomic E-state index is 0.147. The summed E-state index contributed by atoms with van der Waals surface area (Å²) in [5.74, 6) is 0.0407. The summed E-state index contributed by atoms with van der Waals surface area (Å²) in [7, 11) is 1.37. The summed E-state index contributed by atoms with van der Waals surface area (Å²) in [6.45, 7) is 3.41. The van der Waals surface area contributed by atoms with E-state index in [2.05, 4.69) is 15.3 Å². The van der Waals surface area contributed by atoms with Crippen molar-refractivity contribution in [2.24, 2.45) is 5.92 Å². The molecule has 1 saturated heterocycles. The largest absolute Gasteiger partial charge is 0.469 e. The number of nitro groups is 1. The molecule has 9 heteroatoms.